The molecule has 0 amide bonds. The van der Waals surface area contributed by atoms with E-state index in [2.05, 4.69) is 223 Å². The van der Waals surface area contributed by atoms with Gasteiger partial charge in [-0.3, -0.25) is 0 Å². The van der Waals surface area contributed by atoms with Gasteiger partial charge in [0.1, 0.15) is 0 Å². The lowest BCUT2D eigenvalue weighted by Crippen LogP contribution is -2.02. The molecule has 0 radical (unpaired) electrons. The fraction of sp³-hybridized carbons (Fsp3) is 0. The molecule has 0 saturated carbocycles. The number of fused-ring (bicyclic) bond motifs is 11. The number of hydrogen-bond acceptors (Lipinski definition) is 4. The van der Waals surface area contributed by atoms with Crippen LogP contribution in [-0.2, 0) is 0 Å². The number of benzene rings is 11. The Labute approximate surface area is 383 Å². The van der Waals surface area contributed by atoms with Gasteiger partial charge in [0.25, 0.3) is 0 Å². The summed E-state index contributed by atoms with van der Waals surface area (Å²) in [6, 6.07) is 79.0. The first-order valence-electron chi connectivity index (χ1n) is 22.3. The van der Waals surface area contributed by atoms with E-state index in [4.69, 9.17) is 15.0 Å². The van der Waals surface area contributed by atoms with Crippen LogP contribution in [0, 0.1) is 0 Å². The summed E-state index contributed by atoms with van der Waals surface area (Å²) in [5.41, 5.74) is 8.41. The smallest absolute Gasteiger partial charge is 0.164 e. The van der Waals surface area contributed by atoms with Crippen LogP contribution >= 0.6 is 11.3 Å². The van der Waals surface area contributed by atoms with E-state index in [1.54, 1.807) is 0 Å². The summed E-state index contributed by atoms with van der Waals surface area (Å²) in [5.74, 6) is 1.88. The molecular weight excluding hydrogens is 821 g/mol. The van der Waals surface area contributed by atoms with Gasteiger partial charge in [0.05, 0.1) is 16.7 Å². The highest BCUT2D eigenvalue weighted by molar-refractivity contribution is 7.25. The zero-order valence-electron chi connectivity index (χ0n) is 35.5. The molecule has 0 unspecified atom stereocenters. The van der Waals surface area contributed by atoms with Crippen LogP contribution in [0.25, 0.3) is 136 Å². The molecule has 0 spiro atoms. The first kappa shape index (κ1) is 36.9. The van der Waals surface area contributed by atoms with Crippen LogP contribution in [0.5, 0.6) is 0 Å². The van der Waals surface area contributed by atoms with Gasteiger partial charge >= 0.3 is 0 Å². The normalized spacial score (nSPS) is 11.9. The molecule has 5 heteroatoms. The number of rotatable bonds is 5. The van der Waals surface area contributed by atoms with E-state index >= 15 is 0 Å². The predicted molar refractivity (Wildman–Crippen MR) is 279 cm³/mol. The summed E-state index contributed by atoms with van der Waals surface area (Å²) in [4.78, 5) is 15.8. The lowest BCUT2D eigenvalue weighted by atomic mass is 9.98. The number of nitrogens with zero attached hydrogens (tertiary/aromatic N) is 4. The van der Waals surface area contributed by atoms with Gasteiger partial charge in [-0.25, -0.2) is 15.0 Å². The Balaban J connectivity index is 1.05. The SMILES string of the molecule is c1ccc2cc(-c3nc(-c4ccc(-n5c6cc7ccccc7cc6c6c7ccccc7ccc65)c(-c5ccc6sc7ccccc7c6c5)c4)nc(-c4ccc5ccccc5c4)n3)ccc2c1. The second-order valence-electron chi connectivity index (χ2n) is 17.2. The zero-order chi connectivity index (χ0) is 43.3. The lowest BCUT2D eigenvalue weighted by Gasteiger charge is -2.17. The summed E-state index contributed by atoms with van der Waals surface area (Å²) in [7, 11) is 0. The molecule has 0 aliphatic heterocycles. The molecule has 11 aromatic carbocycles. The van der Waals surface area contributed by atoms with E-state index < -0.39 is 0 Å². The number of thiophene rings is 1. The Morgan fingerprint density at radius 3 is 1.48 bits per heavy atom. The molecule has 14 aromatic rings. The minimum atomic E-state index is 0.616. The molecule has 66 heavy (non-hydrogen) atoms. The molecule has 0 aliphatic rings. The molecule has 0 saturated heterocycles. The molecule has 0 fully saturated rings. The largest absolute Gasteiger partial charge is 0.309 e. The summed E-state index contributed by atoms with van der Waals surface area (Å²) >= 11 is 1.84. The number of hydrogen-bond donors (Lipinski definition) is 0. The first-order valence-corrected chi connectivity index (χ1v) is 23.1. The summed E-state index contributed by atoms with van der Waals surface area (Å²) in [6.45, 7) is 0. The average molecular weight is 857 g/mol. The summed E-state index contributed by atoms with van der Waals surface area (Å²) in [5, 5.41) is 14.5. The van der Waals surface area contributed by atoms with Crippen LogP contribution in [0.4, 0.5) is 0 Å². The van der Waals surface area contributed by atoms with E-state index in [1.807, 2.05) is 11.3 Å². The Morgan fingerprint density at radius 1 is 0.303 bits per heavy atom. The van der Waals surface area contributed by atoms with Crippen LogP contribution in [0.1, 0.15) is 0 Å². The lowest BCUT2D eigenvalue weighted by molar-refractivity contribution is 1.07. The molecular formula is C61H36N4S. The highest BCUT2D eigenvalue weighted by Crippen LogP contribution is 2.44. The third-order valence-corrected chi connectivity index (χ3v) is 14.5. The fourth-order valence-electron chi connectivity index (χ4n) is 10.1. The van der Waals surface area contributed by atoms with E-state index in [0.29, 0.717) is 17.5 Å². The molecule has 0 N–H and O–H groups in total. The van der Waals surface area contributed by atoms with Crippen molar-refractivity contribution in [3.05, 3.63) is 218 Å². The summed E-state index contributed by atoms with van der Waals surface area (Å²) < 4.78 is 5.03. The van der Waals surface area contributed by atoms with Crippen molar-refractivity contribution in [3.63, 3.8) is 0 Å². The molecule has 0 atom stereocenters. The topological polar surface area (TPSA) is 43.6 Å². The van der Waals surface area contributed by atoms with Crippen molar-refractivity contribution in [2.24, 2.45) is 0 Å². The van der Waals surface area contributed by atoms with Gasteiger partial charge in [-0.2, -0.15) is 0 Å². The van der Waals surface area contributed by atoms with Crippen molar-refractivity contribution >= 4 is 96.4 Å². The van der Waals surface area contributed by atoms with Crippen LogP contribution < -0.4 is 0 Å². The molecule has 0 aliphatic carbocycles. The Bertz CT molecular complexity index is 4210. The Kier molecular flexibility index (Phi) is 8.12. The van der Waals surface area contributed by atoms with E-state index in [0.717, 1.165) is 55.3 Å². The van der Waals surface area contributed by atoms with Crippen LogP contribution in [0.3, 0.4) is 0 Å². The highest BCUT2D eigenvalue weighted by Gasteiger charge is 2.21. The van der Waals surface area contributed by atoms with Crippen molar-refractivity contribution in [3.8, 4) is 51.0 Å². The molecule has 306 valence electrons. The maximum Gasteiger partial charge on any atom is 0.164 e. The van der Waals surface area contributed by atoms with Gasteiger partial charge in [0.15, 0.2) is 17.5 Å². The summed E-state index contributed by atoms with van der Waals surface area (Å²) in [6.07, 6.45) is 0. The minimum Gasteiger partial charge on any atom is -0.309 e. The maximum absolute atomic E-state index is 5.32. The second kappa shape index (κ2) is 14.5. The van der Waals surface area contributed by atoms with Crippen molar-refractivity contribution in [2.75, 3.05) is 0 Å². The van der Waals surface area contributed by atoms with E-state index in [1.165, 1.54) is 63.3 Å². The fourth-order valence-corrected chi connectivity index (χ4v) is 11.2. The van der Waals surface area contributed by atoms with Crippen molar-refractivity contribution in [1.82, 2.24) is 19.5 Å². The zero-order valence-corrected chi connectivity index (χ0v) is 36.3. The van der Waals surface area contributed by atoms with Gasteiger partial charge in [0.2, 0.25) is 0 Å². The molecule has 3 heterocycles. The average Bonchev–Trinajstić information content (AvgIpc) is 3.92. The second-order valence-corrected chi connectivity index (χ2v) is 18.3. The van der Waals surface area contributed by atoms with Crippen molar-refractivity contribution < 1.29 is 0 Å². The monoisotopic (exact) mass is 856 g/mol. The molecule has 3 aromatic heterocycles. The Morgan fingerprint density at radius 2 is 0.803 bits per heavy atom. The van der Waals surface area contributed by atoms with Crippen LogP contribution in [0.2, 0.25) is 0 Å². The Hall–Kier alpha value is -8.51. The third kappa shape index (κ3) is 5.87. The number of aromatic nitrogens is 4. The molecule has 4 nitrogen and oxygen atoms in total. The van der Waals surface area contributed by atoms with Gasteiger partial charge < -0.3 is 4.57 Å². The predicted octanol–water partition coefficient (Wildman–Crippen LogP) is 16.6. The molecule has 0 bridgehead atoms. The van der Waals surface area contributed by atoms with E-state index in [-0.39, 0.29) is 0 Å². The first-order chi connectivity index (χ1) is 32.7. The quantitative estimate of drug-likeness (QED) is 0.173. The van der Waals surface area contributed by atoms with Gasteiger partial charge in [-0.15, -0.1) is 11.3 Å². The van der Waals surface area contributed by atoms with Gasteiger partial charge in [-0.1, -0.05) is 152 Å². The standard InChI is InChI=1S/C61H36N4S/c1-3-14-40-31-45(23-21-37(40)11-1)59-62-60(46-24-22-38-12-2-4-15-41(38)32-46)64-61(63-59)47-26-28-53(50(35-47)44-27-30-57-51(34-44)49-19-9-10-20-56(49)66-57)65-54-29-25-39-13-7-8-18-48(39)58(54)52-33-42-16-5-6-17-43(42)36-55(52)65/h1-36H. The van der Waals surface area contributed by atoms with E-state index in [9.17, 15) is 0 Å². The molecule has 14 rings (SSSR count). The van der Waals surface area contributed by atoms with Crippen LogP contribution in [0.15, 0.2) is 218 Å². The van der Waals surface area contributed by atoms with Crippen LogP contribution in [-0.4, -0.2) is 19.5 Å². The third-order valence-electron chi connectivity index (χ3n) is 13.4. The minimum absolute atomic E-state index is 0.616. The van der Waals surface area contributed by atoms with Gasteiger partial charge in [-0.05, 0) is 115 Å². The van der Waals surface area contributed by atoms with Gasteiger partial charge in [0, 0.05) is 53.2 Å². The van der Waals surface area contributed by atoms with Crippen molar-refractivity contribution in [1.29, 1.82) is 0 Å². The van der Waals surface area contributed by atoms with Crippen molar-refractivity contribution in [2.45, 2.75) is 0 Å². The highest BCUT2D eigenvalue weighted by atomic mass is 32.1. The maximum atomic E-state index is 5.32.